The molecule has 0 saturated heterocycles. The van der Waals surface area contributed by atoms with E-state index in [0.29, 0.717) is 12.3 Å². The Labute approximate surface area is 198 Å². The molecule has 33 heavy (non-hydrogen) atoms. The second-order valence-electron chi connectivity index (χ2n) is 7.31. The number of nitrogens with one attached hydrogen (secondary N) is 1. The lowest BCUT2D eigenvalue weighted by molar-refractivity contribution is -0.139. The Hall–Kier alpha value is -2.85. The molecule has 1 atom stereocenters. The number of benzene rings is 2. The molecule has 0 unspecified atom stereocenters. The molecule has 0 aliphatic rings. The van der Waals surface area contributed by atoms with Crippen molar-refractivity contribution in [3.63, 3.8) is 0 Å². The van der Waals surface area contributed by atoms with Crippen LogP contribution in [0, 0.1) is 5.82 Å². The number of anilines is 1. The fourth-order valence-electron chi connectivity index (χ4n) is 3.09. The lowest BCUT2D eigenvalue weighted by atomic mass is 10.1. The number of methoxy groups -OCH3 is 1. The van der Waals surface area contributed by atoms with E-state index >= 15 is 0 Å². The van der Waals surface area contributed by atoms with Gasteiger partial charge in [0.05, 0.1) is 24.1 Å². The largest absolute Gasteiger partial charge is 0.497 e. The number of carbonyl (C=O) groups excluding carboxylic acids is 2. The summed E-state index contributed by atoms with van der Waals surface area (Å²) in [5.41, 5.74) is 0.753. The highest BCUT2D eigenvalue weighted by molar-refractivity contribution is 7.92. The van der Waals surface area contributed by atoms with E-state index in [9.17, 15) is 22.4 Å². The van der Waals surface area contributed by atoms with Crippen molar-refractivity contribution in [3.8, 4) is 5.75 Å². The summed E-state index contributed by atoms with van der Waals surface area (Å²) in [7, 11) is -2.40. The van der Waals surface area contributed by atoms with Crippen LogP contribution in [-0.2, 0) is 26.2 Å². The molecule has 0 saturated carbocycles. The highest BCUT2D eigenvalue weighted by Gasteiger charge is 2.30. The Bertz CT molecular complexity index is 1100. The summed E-state index contributed by atoms with van der Waals surface area (Å²) in [6.45, 7) is 3.15. The van der Waals surface area contributed by atoms with Crippen LogP contribution in [0.5, 0.6) is 5.75 Å². The van der Waals surface area contributed by atoms with Crippen LogP contribution >= 0.6 is 11.6 Å². The van der Waals surface area contributed by atoms with Gasteiger partial charge < -0.3 is 15.0 Å². The van der Waals surface area contributed by atoms with Gasteiger partial charge >= 0.3 is 0 Å². The number of carbonyl (C=O) groups is 2. The molecule has 0 aromatic heterocycles. The Morgan fingerprint density at radius 3 is 2.33 bits per heavy atom. The zero-order valence-electron chi connectivity index (χ0n) is 18.8. The van der Waals surface area contributed by atoms with Crippen LogP contribution in [0.1, 0.15) is 19.4 Å². The minimum Gasteiger partial charge on any atom is -0.497 e. The monoisotopic (exact) mass is 499 g/mol. The Kier molecular flexibility index (Phi) is 9.07. The van der Waals surface area contributed by atoms with E-state index in [-0.39, 0.29) is 23.2 Å². The van der Waals surface area contributed by atoms with Crippen molar-refractivity contribution in [2.75, 3.05) is 30.8 Å². The van der Waals surface area contributed by atoms with Crippen molar-refractivity contribution in [1.29, 1.82) is 0 Å². The maximum absolute atomic E-state index is 13.6. The molecule has 2 amide bonds. The minimum absolute atomic E-state index is 0.0345. The van der Waals surface area contributed by atoms with Gasteiger partial charge in [-0.05, 0) is 49.7 Å². The third-order valence-corrected chi connectivity index (χ3v) is 6.33. The van der Waals surface area contributed by atoms with Crippen LogP contribution in [0.3, 0.4) is 0 Å². The van der Waals surface area contributed by atoms with Crippen LogP contribution in [0.4, 0.5) is 10.1 Å². The van der Waals surface area contributed by atoms with E-state index in [2.05, 4.69) is 5.32 Å². The number of rotatable bonds is 10. The van der Waals surface area contributed by atoms with Crippen molar-refractivity contribution in [1.82, 2.24) is 10.2 Å². The quantitative estimate of drug-likeness (QED) is 0.542. The standard InChI is InChI=1S/C22H27ClFN3O5S/c1-5-25-22(29)15(2)26(13-16-6-9-18(32-3)10-7-16)21(28)14-27(33(4,30)31)17-8-11-20(24)19(23)12-17/h6-12,15H,5,13-14H2,1-4H3,(H,25,29)/t15-/m1/s1. The van der Waals surface area contributed by atoms with Gasteiger partial charge in [-0.3, -0.25) is 13.9 Å². The molecule has 2 rings (SSSR count). The fourth-order valence-corrected chi connectivity index (χ4v) is 4.10. The van der Waals surface area contributed by atoms with Gasteiger partial charge in [0.2, 0.25) is 21.8 Å². The molecule has 2 aromatic rings. The van der Waals surface area contributed by atoms with Crippen LogP contribution in [0.15, 0.2) is 42.5 Å². The number of hydrogen-bond acceptors (Lipinski definition) is 5. The predicted octanol–water partition coefficient (Wildman–Crippen LogP) is 2.81. The van der Waals surface area contributed by atoms with E-state index in [4.69, 9.17) is 16.3 Å². The first-order valence-corrected chi connectivity index (χ1v) is 12.3. The first-order valence-electron chi connectivity index (χ1n) is 10.1. The molecule has 0 aliphatic heterocycles. The van der Waals surface area contributed by atoms with E-state index in [1.54, 1.807) is 38.1 Å². The Balaban J connectivity index is 2.39. The maximum atomic E-state index is 13.6. The zero-order chi connectivity index (χ0) is 24.8. The average molecular weight is 500 g/mol. The summed E-state index contributed by atoms with van der Waals surface area (Å²) in [5, 5.41) is 2.39. The van der Waals surface area contributed by atoms with E-state index in [1.165, 1.54) is 18.1 Å². The van der Waals surface area contributed by atoms with Crippen molar-refractivity contribution in [2.24, 2.45) is 0 Å². The number of hydrogen-bond donors (Lipinski definition) is 1. The second-order valence-corrected chi connectivity index (χ2v) is 9.62. The lowest BCUT2D eigenvalue weighted by Gasteiger charge is -2.31. The molecule has 0 aliphatic carbocycles. The Morgan fingerprint density at radius 2 is 1.82 bits per heavy atom. The predicted molar refractivity (Wildman–Crippen MR) is 125 cm³/mol. The number of sulfonamides is 1. The van der Waals surface area contributed by atoms with Crippen LogP contribution in [0.2, 0.25) is 5.02 Å². The van der Waals surface area contributed by atoms with Crippen LogP contribution in [-0.4, -0.2) is 57.6 Å². The van der Waals surface area contributed by atoms with Gasteiger partial charge in [0.1, 0.15) is 24.2 Å². The molecule has 180 valence electrons. The van der Waals surface area contributed by atoms with Crippen molar-refractivity contribution in [3.05, 3.63) is 58.9 Å². The SMILES string of the molecule is CCNC(=O)[C@@H](C)N(Cc1ccc(OC)cc1)C(=O)CN(c1ccc(F)c(Cl)c1)S(C)(=O)=O. The lowest BCUT2D eigenvalue weighted by Crippen LogP contribution is -2.51. The highest BCUT2D eigenvalue weighted by Crippen LogP contribution is 2.25. The minimum atomic E-state index is -3.93. The Morgan fingerprint density at radius 1 is 1.18 bits per heavy atom. The van der Waals surface area contributed by atoms with Gasteiger partial charge in [-0.25, -0.2) is 12.8 Å². The summed E-state index contributed by atoms with van der Waals surface area (Å²) < 4.78 is 44.4. The molecule has 0 spiro atoms. The van der Waals surface area contributed by atoms with Gasteiger partial charge in [0, 0.05) is 13.1 Å². The third kappa shape index (κ3) is 7.06. The summed E-state index contributed by atoms with van der Waals surface area (Å²) in [6, 6.07) is 9.43. The normalized spacial score (nSPS) is 12.1. The summed E-state index contributed by atoms with van der Waals surface area (Å²) in [6.07, 6.45) is 0.929. The van der Waals surface area contributed by atoms with Gasteiger partial charge in [-0.2, -0.15) is 0 Å². The molecule has 2 aromatic carbocycles. The average Bonchev–Trinajstić information content (AvgIpc) is 2.77. The van der Waals surface area contributed by atoms with Crippen LogP contribution < -0.4 is 14.4 Å². The van der Waals surface area contributed by atoms with Gasteiger partial charge in [-0.1, -0.05) is 23.7 Å². The molecule has 0 radical (unpaired) electrons. The van der Waals surface area contributed by atoms with E-state index in [0.717, 1.165) is 28.3 Å². The topological polar surface area (TPSA) is 96.0 Å². The third-order valence-electron chi connectivity index (χ3n) is 4.90. The zero-order valence-corrected chi connectivity index (χ0v) is 20.4. The molecule has 8 nitrogen and oxygen atoms in total. The molecule has 0 bridgehead atoms. The molecule has 0 heterocycles. The number of ether oxygens (including phenoxy) is 1. The van der Waals surface area contributed by atoms with Gasteiger partial charge in [0.15, 0.2) is 0 Å². The van der Waals surface area contributed by atoms with Gasteiger partial charge in [0.25, 0.3) is 0 Å². The first kappa shape index (κ1) is 26.4. The number of amides is 2. The fraction of sp³-hybridized carbons (Fsp3) is 0.364. The van der Waals surface area contributed by atoms with Crippen molar-refractivity contribution < 1.29 is 27.1 Å². The van der Waals surface area contributed by atoms with E-state index in [1.807, 2.05) is 0 Å². The molecular weight excluding hydrogens is 473 g/mol. The molecule has 1 N–H and O–H groups in total. The smallest absolute Gasteiger partial charge is 0.244 e. The summed E-state index contributed by atoms with van der Waals surface area (Å²) in [4.78, 5) is 27.1. The number of halogens is 2. The van der Waals surface area contributed by atoms with Crippen molar-refractivity contribution >= 4 is 39.1 Å². The van der Waals surface area contributed by atoms with Crippen molar-refractivity contribution in [2.45, 2.75) is 26.4 Å². The number of nitrogens with zero attached hydrogens (tertiary/aromatic N) is 2. The summed E-state index contributed by atoms with van der Waals surface area (Å²) >= 11 is 5.81. The first-order chi connectivity index (χ1) is 15.5. The second kappa shape index (κ2) is 11.3. The highest BCUT2D eigenvalue weighted by atomic mass is 35.5. The van der Waals surface area contributed by atoms with Crippen LogP contribution in [0.25, 0.3) is 0 Å². The molecular formula is C22H27ClFN3O5S. The summed E-state index contributed by atoms with van der Waals surface area (Å²) in [5.74, 6) is -1.08. The van der Waals surface area contributed by atoms with Gasteiger partial charge in [-0.15, -0.1) is 0 Å². The number of likely N-dealkylation sites (N-methyl/N-ethyl adjacent to an activating group) is 1. The van der Waals surface area contributed by atoms with E-state index < -0.39 is 34.3 Å². The molecule has 0 fully saturated rings. The maximum Gasteiger partial charge on any atom is 0.244 e. The molecule has 11 heteroatoms.